The van der Waals surface area contributed by atoms with Crippen LogP contribution in [-0.2, 0) is 0 Å². The molecule has 2 rings (SSSR count). The Balaban J connectivity index is 2.29. The van der Waals surface area contributed by atoms with Crippen molar-refractivity contribution in [3.05, 3.63) is 59.9 Å². The summed E-state index contributed by atoms with van der Waals surface area (Å²) in [6, 6.07) is 13.4. The number of para-hydroxylation sites is 1. The quantitative estimate of drug-likeness (QED) is 0.822. The van der Waals surface area contributed by atoms with E-state index in [1.165, 1.54) is 23.1 Å². The SMILES string of the molecule is CN(C(=O)c1ccc(F)c(S)c1)c1ccccc1. The molecule has 0 radical (unpaired) electrons. The van der Waals surface area contributed by atoms with E-state index in [-0.39, 0.29) is 10.8 Å². The first kappa shape index (κ1) is 12.6. The van der Waals surface area contributed by atoms with Gasteiger partial charge in [0, 0.05) is 23.2 Å². The van der Waals surface area contributed by atoms with E-state index in [1.54, 1.807) is 7.05 Å². The summed E-state index contributed by atoms with van der Waals surface area (Å²) in [6.07, 6.45) is 0. The second-order valence-electron chi connectivity index (χ2n) is 3.87. The van der Waals surface area contributed by atoms with Crippen molar-refractivity contribution in [1.29, 1.82) is 0 Å². The summed E-state index contributed by atoms with van der Waals surface area (Å²) in [4.78, 5) is 13.9. The predicted molar refractivity (Wildman–Crippen MR) is 72.8 cm³/mol. The van der Waals surface area contributed by atoms with Crippen molar-refractivity contribution in [3.8, 4) is 0 Å². The number of nitrogens with zero attached hydrogens (tertiary/aromatic N) is 1. The maximum absolute atomic E-state index is 13.1. The van der Waals surface area contributed by atoms with E-state index in [0.29, 0.717) is 5.56 Å². The lowest BCUT2D eigenvalue weighted by Gasteiger charge is -2.17. The zero-order valence-electron chi connectivity index (χ0n) is 9.80. The number of anilines is 1. The molecule has 0 heterocycles. The lowest BCUT2D eigenvalue weighted by molar-refractivity contribution is 0.0992. The number of amides is 1. The fourth-order valence-corrected chi connectivity index (χ4v) is 1.82. The lowest BCUT2D eigenvalue weighted by Crippen LogP contribution is -2.26. The van der Waals surface area contributed by atoms with E-state index in [2.05, 4.69) is 12.6 Å². The van der Waals surface area contributed by atoms with Crippen LogP contribution in [0.1, 0.15) is 10.4 Å². The summed E-state index contributed by atoms with van der Waals surface area (Å²) in [5, 5.41) is 0. The molecule has 0 atom stereocenters. The first-order valence-electron chi connectivity index (χ1n) is 5.41. The van der Waals surface area contributed by atoms with Gasteiger partial charge in [0.05, 0.1) is 0 Å². The highest BCUT2D eigenvalue weighted by Crippen LogP contribution is 2.18. The van der Waals surface area contributed by atoms with Crippen LogP contribution in [0.4, 0.5) is 10.1 Å². The van der Waals surface area contributed by atoms with Crippen LogP contribution in [0.15, 0.2) is 53.4 Å². The van der Waals surface area contributed by atoms with Gasteiger partial charge in [0.25, 0.3) is 5.91 Å². The maximum atomic E-state index is 13.1. The summed E-state index contributed by atoms with van der Waals surface area (Å²) >= 11 is 3.97. The summed E-state index contributed by atoms with van der Waals surface area (Å²) < 4.78 is 13.1. The number of hydrogen-bond donors (Lipinski definition) is 1. The normalized spacial score (nSPS) is 10.2. The fourth-order valence-electron chi connectivity index (χ4n) is 1.61. The van der Waals surface area contributed by atoms with Crippen molar-refractivity contribution in [3.63, 3.8) is 0 Å². The van der Waals surface area contributed by atoms with Gasteiger partial charge < -0.3 is 4.90 Å². The molecule has 0 N–H and O–H groups in total. The minimum Gasteiger partial charge on any atom is -0.311 e. The maximum Gasteiger partial charge on any atom is 0.258 e. The molecule has 2 nitrogen and oxygen atoms in total. The molecule has 0 aromatic heterocycles. The first-order valence-corrected chi connectivity index (χ1v) is 5.86. The molecule has 0 saturated carbocycles. The number of carbonyl (C=O) groups excluding carboxylic acids is 1. The molecule has 0 spiro atoms. The molecule has 0 aliphatic carbocycles. The summed E-state index contributed by atoms with van der Waals surface area (Å²) in [6.45, 7) is 0. The van der Waals surface area contributed by atoms with E-state index in [9.17, 15) is 9.18 Å². The fraction of sp³-hybridized carbons (Fsp3) is 0.0714. The van der Waals surface area contributed by atoms with Crippen molar-refractivity contribution in [2.75, 3.05) is 11.9 Å². The lowest BCUT2D eigenvalue weighted by atomic mass is 10.2. The predicted octanol–water partition coefficient (Wildman–Crippen LogP) is 3.39. The van der Waals surface area contributed by atoms with Crippen LogP contribution in [0.3, 0.4) is 0 Å². The van der Waals surface area contributed by atoms with E-state index in [0.717, 1.165) is 5.69 Å². The Hall–Kier alpha value is -1.81. The second kappa shape index (κ2) is 5.23. The molecule has 1 amide bonds. The Morgan fingerprint density at radius 1 is 1.17 bits per heavy atom. The van der Waals surface area contributed by atoms with E-state index >= 15 is 0 Å². The Morgan fingerprint density at radius 3 is 2.44 bits per heavy atom. The van der Waals surface area contributed by atoms with E-state index in [4.69, 9.17) is 0 Å². The molecule has 0 fully saturated rings. The van der Waals surface area contributed by atoms with E-state index in [1.807, 2.05) is 30.3 Å². The highest BCUT2D eigenvalue weighted by molar-refractivity contribution is 7.80. The van der Waals surface area contributed by atoms with Crippen molar-refractivity contribution < 1.29 is 9.18 Å². The summed E-state index contributed by atoms with van der Waals surface area (Å²) in [7, 11) is 1.68. The Morgan fingerprint density at radius 2 is 1.83 bits per heavy atom. The molecule has 0 unspecified atom stereocenters. The van der Waals surface area contributed by atoms with Gasteiger partial charge in [0.1, 0.15) is 5.82 Å². The number of thiol groups is 1. The van der Waals surface area contributed by atoms with Crippen LogP contribution >= 0.6 is 12.6 Å². The molecule has 18 heavy (non-hydrogen) atoms. The third kappa shape index (κ3) is 2.54. The molecular weight excluding hydrogens is 249 g/mol. The van der Waals surface area contributed by atoms with Gasteiger partial charge in [-0.1, -0.05) is 18.2 Å². The monoisotopic (exact) mass is 261 g/mol. The molecule has 0 aliphatic rings. The highest BCUT2D eigenvalue weighted by Gasteiger charge is 2.14. The number of benzene rings is 2. The molecule has 0 bridgehead atoms. The number of halogens is 1. The van der Waals surface area contributed by atoms with Crippen molar-refractivity contribution in [1.82, 2.24) is 0 Å². The highest BCUT2D eigenvalue weighted by atomic mass is 32.1. The minimum absolute atomic E-state index is 0.169. The van der Waals surface area contributed by atoms with Gasteiger partial charge in [-0.25, -0.2) is 4.39 Å². The van der Waals surface area contributed by atoms with Gasteiger partial charge in [0.15, 0.2) is 0 Å². The van der Waals surface area contributed by atoms with Gasteiger partial charge >= 0.3 is 0 Å². The van der Waals surface area contributed by atoms with Crippen LogP contribution in [0.2, 0.25) is 0 Å². The smallest absolute Gasteiger partial charge is 0.258 e. The molecule has 4 heteroatoms. The zero-order chi connectivity index (χ0) is 13.1. The average Bonchev–Trinajstić information content (AvgIpc) is 2.41. The van der Waals surface area contributed by atoms with Gasteiger partial charge in [-0.15, -0.1) is 12.6 Å². The molecular formula is C14H12FNOS. The third-order valence-corrected chi connectivity index (χ3v) is 2.98. The van der Waals surface area contributed by atoms with E-state index < -0.39 is 5.82 Å². The second-order valence-corrected chi connectivity index (χ2v) is 4.35. The van der Waals surface area contributed by atoms with Crippen molar-refractivity contribution >= 4 is 24.2 Å². The van der Waals surface area contributed by atoms with Crippen LogP contribution in [-0.4, -0.2) is 13.0 Å². The number of carbonyl (C=O) groups is 1. The summed E-state index contributed by atoms with van der Waals surface area (Å²) in [5.41, 5.74) is 1.19. The molecule has 2 aromatic carbocycles. The Labute approximate surface area is 110 Å². The van der Waals surface area contributed by atoms with Crippen LogP contribution < -0.4 is 4.90 Å². The molecule has 0 saturated heterocycles. The Bertz CT molecular complexity index is 571. The van der Waals surface area contributed by atoms with Crippen LogP contribution in [0.5, 0.6) is 0 Å². The van der Waals surface area contributed by atoms with Gasteiger partial charge in [-0.3, -0.25) is 4.79 Å². The average molecular weight is 261 g/mol. The first-order chi connectivity index (χ1) is 8.59. The molecule has 92 valence electrons. The van der Waals surface area contributed by atoms with Crippen molar-refractivity contribution in [2.24, 2.45) is 0 Å². The summed E-state index contributed by atoms with van der Waals surface area (Å²) in [5.74, 6) is -0.631. The van der Waals surface area contributed by atoms with Gasteiger partial charge in [-0.2, -0.15) is 0 Å². The number of rotatable bonds is 2. The van der Waals surface area contributed by atoms with Crippen LogP contribution in [0, 0.1) is 5.82 Å². The standard InChI is InChI=1S/C14H12FNOS/c1-16(11-5-3-2-4-6-11)14(17)10-7-8-12(15)13(18)9-10/h2-9,18H,1H3. The molecule has 0 aliphatic heterocycles. The Kier molecular flexibility index (Phi) is 3.67. The zero-order valence-corrected chi connectivity index (χ0v) is 10.7. The van der Waals surface area contributed by atoms with Gasteiger partial charge in [0.2, 0.25) is 0 Å². The largest absolute Gasteiger partial charge is 0.311 e. The molecule has 2 aromatic rings. The van der Waals surface area contributed by atoms with Gasteiger partial charge in [-0.05, 0) is 30.3 Å². The van der Waals surface area contributed by atoms with Crippen LogP contribution in [0.25, 0.3) is 0 Å². The minimum atomic E-state index is -0.433. The van der Waals surface area contributed by atoms with Crippen molar-refractivity contribution in [2.45, 2.75) is 4.90 Å². The third-order valence-electron chi connectivity index (χ3n) is 2.64. The number of hydrogen-bond acceptors (Lipinski definition) is 2. The topological polar surface area (TPSA) is 20.3 Å².